The molecular weight excluding hydrogens is 1860 g/mol. The molecule has 19 aromatic carbocycles. The minimum absolute atomic E-state index is 0.0949. The molecule has 0 radical (unpaired) electrons. The van der Waals surface area contributed by atoms with E-state index in [1.54, 1.807) is 18.2 Å². The molecule has 24 rings (SSSR count). The lowest BCUT2D eigenvalue weighted by Gasteiger charge is -2.14. The van der Waals surface area contributed by atoms with E-state index in [2.05, 4.69) is 303 Å². The van der Waals surface area contributed by atoms with Crippen LogP contribution in [0.25, 0.3) is 170 Å². The quantitative estimate of drug-likeness (QED) is 0.0819. The zero-order chi connectivity index (χ0) is 87.3. The van der Waals surface area contributed by atoms with Crippen LogP contribution in [0.2, 0.25) is 20.1 Å². The predicted octanol–water partition coefficient (Wildman–Crippen LogP) is 31.3. The number of nitrogens with one attached hydrogen (secondary N) is 1. The zero-order valence-electron chi connectivity index (χ0n) is 67.1. The average Bonchev–Trinajstić information content (AvgIpc) is 1.56. The summed E-state index contributed by atoms with van der Waals surface area (Å²) in [6, 6.07) is 127. The number of halogens is 7. The van der Waals surface area contributed by atoms with Crippen molar-refractivity contribution in [3.05, 3.63) is 447 Å². The van der Waals surface area contributed by atoms with Crippen LogP contribution >= 0.6 is 94.2 Å². The first-order valence-electron chi connectivity index (χ1n) is 40.6. The van der Waals surface area contributed by atoms with E-state index >= 15 is 0 Å². The van der Waals surface area contributed by atoms with E-state index in [0.29, 0.717) is 10.6 Å². The number of nitrogens with zero attached hydrogens (tertiary/aromatic N) is 5. The summed E-state index contributed by atoms with van der Waals surface area (Å²) in [6.45, 7) is 0. The SMILES string of the molecule is Brc1ccc2c(c1)-c1ccccc1C2.Clc1ccc2ccccc2c1-n1c2ccccc2c2c3[nH]c4ccccc4c3ccc21.Clc1ccc2ccccc2c1-n1c2ccccc2c2cc(Br)ccc21.Clc1ccc2ccccc2c1Br.O=[N+]([O-])c1ccccc1-c1ccc2c(c1)c1ccccc1n2-c1c(Cl)ccc2ccccc12.O=[N+]([O-])c1ccccc1B(O)O. The van der Waals surface area contributed by atoms with E-state index in [4.69, 9.17) is 56.5 Å². The number of aromatic amines is 1. The third-order valence-corrected chi connectivity index (χ3v) is 26.5. The van der Waals surface area contributed by atoms with Crippen LogP contribution in [0, 0.1) is 20.2 Å². The van der Waals surface area contributed by atoms with Gasteiger partial charge in [-0.15, -0.1) is 0 Å². The predicted molar refractivity (Wildman–Crippen MR) is 541 cm³/mol. The van der Waals surface area contributed by atoms with E-state index in [0.717, 1.165) is 134 Å². The van der Waals surface area contributed by atoms with Crippen LogP contribution in [0.4, 0.5) is 11.4 Å². The minimum Gasteiger partial charge on any atom is -0.423 e. The second-order valence-corrected chi connectivity index (χ2v) is 34.8. The highest BCUT2D eigenvalue weighted by atomic mass is 79.9. The molecule has 0 bridgehead atoms. The van der Waals surface area contributed by atoms with Gasteiger partial charge in [-0.3, -0.25) is 20.2 Å². The first-order chi connectivity index (χ1) is 61.9. The van der Waals surface area contributed by atoms with Gasteiger partial charge < -0.3 is 28.7 Å². The Balaban J connectivity index is 0.000000104. The van der Waals surface area contributed by atoms with E-state index in [-0.39, 0.29) is 21.8 Å². The maximum absolute atomic E-state index is 11.6. The number of hydrogen-bond acceptors (Lipinski definition) is 6. The van der Waals surface area contributed by atoms with Gasteiger partial charge in [0.15, 0.2) is 0 Å². The van der Waals surface area contributed by atoms with Gasteiger partial charge in [0.2, 0.25) is 0 Å². The summed E-state index contributed by atoms with van der Waals surface area (Å²) in [5.74, 6) is 0. The van der Waals surface area contributed by atoms with Crippen molar-refractivity contribution >= 4 is 248 Å². The lowest BCUT2D eigenvalue weighted by atomic mass is 9.79. The normalized spacial score (nSPS) is 11.4. The molecule has 1 aliphatic rings. The summed E-state index contributed by atoms with van der Waals surface area (Å²) < 4.78 is 10.0. The van der Waals surface area contributed by atoms with Gasteiger partial charge in [-0.05, 0) is 180 Å². The molecule has 0 amide bonds. The van der Waals surface area contributed by atoms with Crippen LogP contribution in [0.15, 0.2) is 396 Å². The number of aromatic nitrogens is 4. The van der Waals surface area contributed by atoms with Crippen molar-refractivity contribution in [1.29, 1.82) is 0 Å². The second kappa shape index (κ2) is 35.7. The molecule has 0 aliphatic heterocycles. The molecule has 4 heterocycles. The fourth-order valence-corrected chi connectivity index (χ4v) is 19.7. The average molecular weight is 1930 g/mol. The minimum atomic E-state index is -1.80. The molecule has 0 fully saturated rings. The van der Waals surface area contributed by atoms with Crippen molar-refractivity contribution in [3.8, 4) is 39.3 Å². The van der Waals surface area contributed by atoms with Crippen LogP contribution in [0.1, 0.15) is 11.1 Å². The van der Waals surface area contributed by atoms with Gasteiger partial charge >= 0.3 is 7.12 Å². The van der Waals surface area contributed by atoms with Crippen molar-refractivity contribution in [2.45, 2.75) is 6.42 Å². The third kappa shape index (κ3) is 15.8. The molecule has 20 heteroatoms. The zero-order valence-corrected chi connectivity index (χ0v) is 74.8. The number of rotatable bonds is 7. The molecule has 23 aromatic rings. The highest BCUT2D eigenvalue weighted by Gasteiger charge is 2.26. The number of fused-ring (bicyclic) bond motifs is 20. The van der Waals surface area contributed by atoms with Crippen LogP contribution in [-0.4, -0.2) is 45.7 Å². The molecule has 0 saturated heterocycles. The van der Waals surface area contributed by atoms with E-state index in [1.807, 2.05) is 103 Å². The lowest BCUT2D eigenvalue weighted by molar-refractivity contribution is -0.384. The van der Waals surface area contributed by atoms with Gasteiger partial charge in [-0.2, -0.15) is 0 Å². The Bertz CT molecular complexity index is 8340. The number of benzene rings is 19. The highest BCUT2D eigenvalue weighted by molar-refractivity contribution is 9.11. The van der Waals surface area contributed by atoms with Gasteiger partial charge in [0.25, 0.3) is 11.4 Å². The standard InChI is InChI=1S/C28H17ClN2O2.C28H17ClN2.C22H13BrClN.C13H9Br.C10H6BrCl.C6H6BNO4/c29-24-15-13-18-7-1-2-9-21(18)28(24)30-25-11-5-4-10-22(25)23-17-19(14-16-26(23)30)20-8-3-6-12-27(20)31(32)33;29-22-15-13-17-7-1-2-8-18(17)28(22)31-24-12-6-4-10-21(24)26-25(31)16-14-20-19-9-3-5-11-23(19)30-27(20)26;23-15-10-12-21-18(13-15)17-7-3-4-8-20(17)25(21)22-16-6-2-1-5-14(16)9-11-19(22)24;14-11-6-5-10-7-9-3-1-2-4-12(9)13(10)8-11;11-10-8-4-2-1-3-7(8)5-6-9(10)12;9-7(10)5-3-1-2-4-6(5)8(11)12/h1-17H;1-16,30H;1-13H;1-6,8H,7H2;1-6H;1-4,9-10H. The first kappa shape index (κ1) is 83.4. The molecular formula is C107H68BBr3Cl4N6O6. The summed E-state index contributed by atoms with van der Waals surface area (Å²) in [5, 5.41) is 60.9. The van der Waals surface area contributed by atoms with E-state index < -0.39 is 12.0 Å². The molecule has 0 saturated carbocycles. The Kier molecular flexibility index (Phi) is 23.4. The van der Waals surface area contributed by atoms with Crippen LogP contribution in [0.3, 0.4) is 0 Å². The lowest BCUT2D eigenvalue weighted by Crippen LogP contribution is -2.31. The van der Waals surface area contributed by atoms with Crippen LogP contribution in [-0.2, 0) is 6.42 Å². The number of nitro groups is 2. The fraction of sp³-hybridized carbons (Fsp3) is 0.00935. The van der Waals surface area contributed by atoms with Gasteiger partial charge in [0.05, 0.1) is 96.6 Å². The molecule has 0 atom stereocenters. The molecule has 614 valence electrons. The van der Waals surface area contributed by atoms with Crippen molar-refractivity contribution < 1.29 is 19.9 Å². The molecule has 1 aliphatic carbocycles. The summed E-state index contributed by atoms with van der Waals surface area (Å²) in [7, 11) is -1.80. The number of para-hydroxylation sites is 6. The maximum Gasteiger partial charge on any atom is 0.495 e. The second-order valence-electron chi connectivity index (χ2n) is 30.5. The fourth-order valence-electron chi connectivity index (χ4n) is 17.6. The smallest absolute Gasteiger partial charge is 0.423 e. The first-order valence-corrected chi connectivity index (χ1v) is 44.5. The number of hydrogen-bond donors (Lipinski definition) is 3. The summed E-state index contributed by atoms with van der Waals surface area (Å²) in [5.41, 5.74) is 18.8. The van der Waals surface area contributed by atoms with Crippen molar-refractivity contribution in [3.63, 3.8) is 0 Å². The number of H-pyrrole nitrogens is 1. The molecule has 0 spiro atoms. The maximum atomic E-state index is 11.6. The largest absolute Gasteiger partial charge is 0.495 e. The molecule has 127 heavy (non-hydrogen) atoms. The Morgan fingerprint density at radius 1 is 0.315 bits per heavy atom. The van der Waals surface area contributed by atoms with E-state index in [9.17, 15) is 20.2 Å². The van der Waals surface area contributed by atoms with Crippen LogP contribution < -0.4 is 5.46 Å². The van der Waals surface area contributed by atoms with Crippen molar-refractivity contribution in [2.24, 2.45) is 0 Å². The molecule has 4 aromatic heterocycles. The Labute approximate surface area is 773 Å². The highest BCUT2D eigenvalue weighted by Crippen LogP contribution is 2.46. The Morgan fingerprint density at radius 2 is 0.709 bits per heavy atom. The Morgan fingerprint density at radius 3 is 1.27 bits per heavy atom. The summed E-state index contributed by atoms with van der Waals surface area (Å²) in [4.78, 5) is 24.6. The van der Waals surface area contributed by atoms with Crippen LogP contribution in [0.5, 0.6) is 0 Å². The van der Waals surface area contributed by atoms with Gasteiger partial charge in [-0.1, -0.05) is 345 Å². The van der Waals surface area contributed by atoms with E-state index in [1.165, 1.54) is 101 Å². The third-order valence-electron chi connectivity index (χ3n) is 23.2. The van der Waals surface area contributed by atoms with Crippen molar-refractivity contribution in [2.75, 3.05) is 0 Å². The number of nitro benzene ring substituents is 2. The molecule has 0 unspecified atom stereocenters. The van der Waals surface area contributed by atoms with Gasteiger partial charge in [0.1, 0.15) is 0 Å². The molecule has 12 nitrogen and oxygen atoms in total. The van der Waals surface area contributed by atoms with Crippen molar-refractivity contribution in [1.82, 2.24) is 18.7 Å². The van der Waals surface area contributed by atoms with Gasteiger partial charge in [0, 0.05) is 90.3 Å². The monoisotopic (exact) mass is 1920 g/mol. The Hall–Kier alpha value is -13.2. The topological polar surface area (TPSA) is 157 Å². The summed E-state index contributed by atoms with van der Waals surface area (Å²) in [6.07, 6.45) is 1.08. The summed E-state index contributed by atoms with van der Waals surface area (Å²) >= 11 is 36.8. The molecule has 3 N–H and O–H groups in total. The van der Waals surface area contributed by atoms with Gasteiger partial charge in [-0.25, -0.2) is 0 Å².